The molecule has 1 aromatic carbocycles. The number of piperazine rings is 1. The minimum atomic E-state index is -5.08. The number of rotatable bonds is 4. The first-order valence-electron chi connectivity index (χ1n) is 13.4. The molecule has 2 aromatic rings. The Balaban J connectivity index is 0.000000470. The Morgan fingerprint density at radius 3 is 2.17 bits per heavy atom. The van der Waals surface area contributed by atoms with Crippen molar-refractivity contribution in [1.29, 1.82) is 0 Å². The van der Waals surface area contributed by atoms with Crippen LogP contribution in [0.5, 0.6) is 0 Å². The van der Waals surface area contributed by atoms with E-state index in [-0.39, 0.29) is 18.0 Å². The second-order valence-electron chi connectivity index (χ2n) is 10.5. The third kappa shape index (κ3) is 6.33. The van der Waals surface area contributed by atoms with Crippen molar-refractivity contribution in [3.8, 4) is 0 Å². The number of carbonyl (C=O) groups excluding carboxylic acids is 2. The fourth-order valence-electron chi connectivity index (χ4n) is 5.85. The van der Waals surface area contributed by atoms with E-state index in [1.807, 2.05) is 6.07 Å². The highest BCUT2D eigenvalue weighted by atomic mass is 19.4. The summed E-state index contributed by atoms with van der Waals surface area (Å²) in [6.07, 6.45) is 0.579. The molecule has 2 amide bonds. The zero-order chi connectivity index (χ0) is 29.2. The summed E-state index contributed by atoms with van der Waals surface area (Å²) >= 11 is 0. The van der Waals surface area contributed by atoms with Gasteiger partial charge in [0, 0.05) is 57.4 Å². The molecule has 3 aliphatic rings. The van der Waals surface area contributed by atoms with E-state index in [0.717, 1.165) is 42.9 Å². The van der Waals surface area contributed by atoms with Gasteiger partial charge in [-0.05, 0) is 57.4 Å². The van der Waals surface area contributed by atoms with E-state index in [9.17, 15) is 27.6 Å². The number of aliphatic carboxylic acids is 1. The van der Waals surface area contributed by atoms with Crippen molar-refractivity contribution in [2.45, 2.75) is 62.8 Å². The highest BCUT2D eigenvalue weighted by molar-refractivity contribution is 6.00. The minimum absolute atomic E-state index is 0.223. The number of anilines is 1. The number of carboxylic acid groups (broad SMARTS) is 1. The van der Waals surface area contributed by atoms with Crippen LogP contribution in [0.25, 0.3) is 11.0 Å². The number of aryl methyl sites for hydroxylation is 1. The minimum Gasteiger partial charge on any atom is -0.475 e. The number of imidazole rings is 1. The van der Waals surface area contributed by atoms with E-state index in [4.69, 9.17) is 9.90 Å². The van der Waals surface area contributed by atoms with Gasteiger partial charge in [-0.2, -0.15) is 13.2 Å². The molecule has 0 spiro atoms. The van der Waals surface area contributed by atoms with Crippen LogP contribution in [0.2, 0.25) is 0 Å². The zero-order valence-corrected chi connectivity index (χ0v) is 22.5. The van der Waals surface area contributed by atoms with Crippen molar-refractivity contribution in [1.82, 2.24) is 24.7 Å². The lowest BCUT2D eigenvalue weighted by Gasteiger charge is -2.42. The van der Waals surface area contributed by atoms with Gasteiger partial charge in [0.2, 0.25) is 11.8 Å². The maximum absolute atomic E-state index is 13.0. The smallest absolute Gasteiger partial charge is 0.475 e. The first kappa shape index (κ1) is 29.6. The molecule has 1 aliphatic carbocycles. The molecule has 14 heteroatoms. The molecule has 220 valence electrons. The van der Waals surface area contributed by atoms with E-state index < -0.39 is 24.1 Å². The van der Waals surface area contributed by atoms with Crippen LogP contribution < -0.4 is 21.2 Å². The van der Waals surface area contributed by atoms with Gasteiger partial charge in [0.15, 0.2) is 0 Å². The predicted molar refractivity (Wildman–Crippen MR) is 141 cm³/mol. The number of imide groups is 1. The van der Waals surface area contributed by atoms with E-state index in [1.165, 1.54) is 25.7 Å². The number of fused-ring (bicyclic) bond motifs is 1. The summed E-state index contributed by atoms with van der Waals surface area (Å²) < 4.78 is 34.9. The number of aromatic nitrogens is 2. The standard InChI is InChI=1S/C24H34N6O3.C2HF3O2/c1-25-16-3-5-17(6-4-16)28-11-13-29(14-12-28)18-7-8-19-21(15-18)27(2)24(33)30(19)20-9-10-22(31)26-23(20)32;3-2(4,5)1(6)7/h7-8,15-17,20,25H,3-6,9-14H2,1-2H3,(H,26,31,32);(H,6,7). The first-order valence-corrected chi connectivity index (χ1v) is 13.4. The predicted octanol–water partition coefficient (Wildman–Crippen LogP) is 1.60. The highest BCUT2D eigenvalue weighted by Gasteiger charge is 2.38. The van der Waals surface area contributed by atoms with Gasteiger partial charge in [-0.15, -0.1) is 0 Å². The summed E-state index contributed by atoms with van der Waals surface area (Å²) in [5.41, 5.74) is 2.44. The normalized spacial score (nSPS) is 24.4. The maximum Gasteiger partial charge on any atom is 0.490 e. The topological polar surface area (TPSA) is 129 Å². The monoisotopic (exact) mass is 568 g/mol. The lowest BCUT2D eigenvalue weighted by Crippen LogP contribution is -2.52. The molecule has 1 atom stereocenters. The van der Waals surface area contributed by atoms with Crippen LogP contribution in [0.4, 0.5) is 18.9 Å². The SMILES string of the molecule is CNC1CCC(N2CCN(c3ccc4c(c3)n(C)c(=O)n4C3CCC(=O)NC3=O)CC2)CC1.O=C(O)C(F)(F)F. The van der Waals surface area contributed by atoms with Crippen LogP contribution >= 0.6 is 0 Å². The van der Waals surface area contributed by atoms with Gasteiger partial charge < -0.3 is 15.3 Å². The van der Waals surface area contributed by atoms with E-state index in [1.54, 1.807) is 16.2 Å². The second-order valence-corrected chi connectivity index (χ2v) is 10.5. The summed E-state index contributed by atoms with van der Waals surface area (Å²) in [5, 5.41) is 12.9. The molecular weight excluding hydrogens is 533 g/mol. The molecule has 0 bridgehead atoms. The molecule has 2 saturated heterocycles. The summed E-state index contributed by atoms with van der Waals surface area (Å²) in [5.74, 6) is -3.43. The molecule has 5 rings (SSSR count). The molecule has 11 nitrogen and oxygen atoms in total. The van der Waals surface area contributed by atoms with Crippen molar-refractivity contribution in [3.05, 3.63) is 28.7 Å². The molecule has 1 saturated carbocycles. The molecule has 40 heavy (non-hydrogen) atoms. The largest absolute Gasteiger partial charge is 0.490 e. The van der Waals surface area contributed by atoms with Gasteiger partial charge in [0.1, 0.15) is 6.04 Å². The Hall–Kier alpha value is -3.39. The van der Waals surface area contributed by atoms with Gasteiger partial charge in [-0.25, -0.2) is 9.59 Å². The van der Waals surface area contributed by atoms with Crippen LogP contribution in [0.1, 0.15) is 44.6 Å². The van der Waals surface area contributed by atoms with Crippen LogP contribution in [-0.4, -0.2) is 88.4 Å². The number of halogens is 3. The van der Waals surface area contributed by atoms with Crippen molar-refractivity contribution >= 4 is 34.5 Å². The fourth-order valence-corrected chi connectivity index (χ4v) is 5.85. The summed E-state index contributed by atoms with van der Waals surface area (Å²) in [6, 6.07) is 6.79. The molecule has 1 aromatic heterocycles. The number of piperidine rings is 1. The lowest BCUT2D eigenvalue weighted by molar-refractivity contribution is -0.192. The molecule has 2 aliphatic heterocycles. The Labute approximate surface area is 228 Å². The number of benzene rings is 1. The van der Waals surface area contributed by atoms with Gasteiger partial charge in [-0.1, -0.05) is 0 Å². The van der Waals surface area contributed by atoms with Crippen molar-refractivity contribution < 1.29 is 32.7 Å². The average molecular weight is 569 g/mol. The van der Waals surface area contributed by atoms with Crippen LogP contribution in [0, 0.1) is 0 Å². The molecule has 3 fully saturated rings. The highest BCUT2D eigenvalue weighted by Crippen LogP contribution is 2.29. The van der Waals surface area contributed by atoms with Gasteiger partial charge >= 0.3 is 17.8 Å². The Morgan fingerprint density at radius 2 is 1.62 bits per heavy atom. The number of hydrogen-bond acceptors (Lipinski definition) is 7. The molecular formula is C26H35F3N6O5. The van der Waals surface area contributed by atoms with E-state index >= 15 is 0 Å². The molecule has 3 N–H and O–H groups in total. The van der Waals surface area contributed by atoms with Crippen molar-refractivity contribution in [2.75, 3.05) is 38.1 Å². The quantitative estimate of drug-likeness (QED) is 0.475. The van der Waals surface area contributed by atoms with Gasteiger partial charge in [0.25, 0.3) is 0 Å². The van der Waals surface area contributed by atoms with E-state index in [2.05, 4.69) is 39.6 Å². The Bertz CT molecular complexity index is 1310. The lowest BCUT2D eigenvalue weighted by atomic mass is 9.90. The number of carboxylic acids is 1. The van der Waals surface area contributed by atoms with Gasteiger partial charge in [-0.3, -0.25) is 28.9 Å². The number of alkyl halides is 3. The number of nitrogens with zero attached hydrogens (tertiary/aromatic N) is 4. The number of carbonyl (C=O) groups is 3. The third-order valence-corrected chi connectivity index (χ3v) is 8.14. The van der Waals surface area contributed by atoms with Gasteiger partial charge in [0.05, 0.1) is 11.0 Å². The van der Waals surface area contributed by atoms with Crippen LogP contribution in [0.15, 0.2) is 23.0 Å². The summed E-state index contributed by atoms with van der Waals surface area (Å²) in [6.45, 7) is 4.06. The molecule has 3 heterocycles. The number of nitrogens with one attached hydrogen (secondary N) is 2. The molecule has 0 radical (unpaired) electrons. The second kappa shape index (κ2) is 12.0. The number of amides is 2. The van der Waals surface area contributed by atoms with Crippen LogP contribution in [-0.2, 0) is 21.4 Å². The number of hydrogen-bond donors (Lipinski definition) is 3. The third-order valence-electron chi connectivity index (χ3n) is 8.14. The zero-order valence-electron chi connectivity index (χ0n) is 22.5. The maximum atomic E-state index is 13.0. The van der Waals surface area contributed by atoms with Crippen LogP contribution in [0.3, 0.4) is 0 Å². The average Bonchev–Trinajstić information content (AvgIpc) is 3.18. The summed E-state index contributed by atoms with van der Waals surface area (Å²) in [4.78, 5) is 50.9. The summed E-state index contributed by atoms with van der Waals surface area (Å²) in [7, 11) is 3.81. The van der Waals surface area contributed by atoms with E-state index in [0.29, 0.717) is 18.5 Å². The Morgan fingerprint density at radius 1 is 1.00 bits per heavy atom. The fraction of sp³-hybridized carbons (Fsp3) is 0.615. The Kier molecular flexibility index (Phi) is 8.88. The first-order chi connectivity index (χ1) is 18.9. The molecule has 1 unspecified atom stereocenters. The van der Waals surface area contributed by atoms with Crippen molar-refractivity contribution in [2.24, 2.45) is 7.05 Å². The van der Waals surface area contributed by atoms with Crippen molar-refractivity contribution in [3.63, 3.8) is 0 Å².